The second-order valence-electron chi connectivity index (χ2n) is 4.56. The topological polar surface area (TPSA) is 98.8 Å². The molecule has 0 radical (unpaired) electrons. The van der Waals surface area contributed by atoms with Crippen LogP contribution in [0.25, 0.3) is 0 Å². The average molecular weight is 309 g/mol. The number of rotatable bonds is 9. The third-order valence-electron chi connectivity index (χ3n) is 2.31. The first-order chi connectivity index (χ1) is 9.23. The molecule has 0 spiro atoms. The van der Waals surface area contributed by atoms with Crippen molar-refractivity contribution in [1.82, 2.24) is 4.72 Å². The monoisotopic (exact) mass is 309 g/mol. The van der Waals surface area contributed by atoms with E-state index in [1.807, 2.05) is 18.6 Å². The molecule has 0 rings (SSSR count). The fraction of sp³-hybridized carbons (Fsp3) is 0.833. The summed E-state index contributed by atoms with van der Waals surface area (Å²) >= 11 is 0. The summed E-state index contributed by atoms with van der Waals surface area (Å²) in [7, 11) is -3.75. The van der Waals surface area contributed by atoms with Crippen molar-refractivity contribution in [3.05, 3.63) is 0 Å². The van der Waals surface area contributed by atoms with Gasteiger partial charge in [0.25, 0.3) is 0 Å². The third kappa shape index (κ3) is 7.44. The highest BCUT2D eigenvalue weighted by Gasteiger charge is 2.33. The lowest BCUT2D eigenvalue weighted by Crippen LogP contribution is -2.48. The van der Waals surface area contributed by atoms with Gasteiger partial charge in [-0.15, -0.1) is 0 Å². The number of esters is 2. The second kappa shape index (κ2) is 8.91. The highest BCUT2D eigenvalue weighted by Crippen LogP contribution is 2.04. The highest BCUT2D eigenvalue weighted by molar-refractivity contribution is 7.89. The molecule has 0 fully saturated rings. The zero-order chi connectivity index (χ0) is 15.8. The predicted octanol–water partition coefficient (Wildman–Crippen LogP) is 0.447. The summed E-state index contributed by atoms with van der Waals surface area (Å²) in [6.07, 6.45) is 0.424. The van der Waals surface area contributed by atoms with Crippen LogP contribution in [-0.4, -0.2) is 45.4 Å². The first kappa shape index (κ1) is 18.9. The molecule has 8 heteroatoms. The van der Waals surface area contributed by atoms with E-state index in [-0.39, 0.29) is 24.9 Å². The molecule has 20 heavy (non-hydrogen) atoms. The van der Waals surface area contributed by atoms with Crippen molar-refractivity contribution in [3.63, 3.8) is 0 Å². The van der Waals surface area contributed by atoms with E-state index in [9.17, 15) is 18.0 Å². The van der Waals surface area contributed by atoms with Gasteiger partial charge in [-0.25, -0.2) is 18.0 Å². The SMILES string of the molecule is CCOC(=O)C(NS(=O)(=O)CCC(C)C)C(=O)OCC. The van der Waals surface area contributed by atoms with Gasteiger partial charge in [0.05, 0.1) is 19.0 Å². The number of sulfonamides is 1. The zero-order valence-electron chi connectivity index (χ0n) is 12.3. The van der Waals surface area contributed by atoms with Crippen molar-refractivity contribution in [3.8, 4) is 0 Å². The Kier molecular flexibility index (Phi) is 8.40. The van der Waals surface area contributed by atoms with E-state index in [1.165, 1.54) is 0 Å². The molecule has 0 aromatic heterocycles. The van der Waals surface area contributed by atoms with E-state index in [4.69, 9.17) is 0 Å². The molecular weight excluding hydrogens is 286 g/mol. The van der Waals surface area contributed by atoms with Gasteiger partial charge in [-0.05, 0) is 26.2 Å². The Bertz CT molecular complexity index is 400. The molecule has 0 saturated carbocycles. The molecule has 0 bridgehead atoms. The van der Waals surface area contributed by atoms with Gasteiger partial charge in [-0.3, -0.25) is 0 Å². The van der Waals surface area contributed by atoms with Crippen molar-refractivity contribution in [1.29, 1.82) is 0 Å². The van der Waals surface area contributed by atoms with Gasteiger partial charge in [0, 0.05) is 0 Å². The molecule has 7 nitrogen and oxygen atoms in total. The number of ether oxygens (including phenoxy) is 2. The minimum atomic E-state index is -3.75. The van der Waals surface area contributed by atoms with Gasteiger partial charge >= 0.3 is 11.9 Å². The van der Waals surface area contributed by atoms with Crippen molar-refractivity contribution in [2.75, 3.05) is 19.0 Å². The summed E-state index contributed by atoms with van der Waals surface area (Å²) in [6, 6.07) is -1.65. The van der Waals surface area contributed by atoms with Crippen molar-refractivity contribution in [2.45, 2.75) is 40.2 Å². The van der Waals surface area contributed by atoms with Gasteiger partial charge in [0.1, 0.15) is 0 Å². The average Bonchev–Trinajstić information content (AvgIpc) is 2.34. The quantitative estimate of drug-likeness (QED) is 0.490. The van der Waals surface area contributed by atoms with Crippen LogP contribution in [-0.2, 0) is 29.1 Å². The van der Waals surface area contributed by atoms with Crippen LogP contribution in [0.3, 0.4) is 0 Å². The van der Waals surface area contributed by atoms with E-state index in [0.29, 0.717) is 6.42 Å². The Morgan fingerprint density at radius 1 is 1.05 bits per heavy atom. The summed E-state index contributed by atoms with van der Waals surface area (Å²) in [5, 5.41) is 0. The summed E-state index contributed by atoms with van der Waals surface area (Å²) in [4.78, 5) is 23.3. The van der Waals surface area contributed by atoms with E-state index in [2.05, 4.69) is 9.47 Å². The maximum absolute atomic E-state index is 11.8. The first-order valence-corrected chi connectivity index (χ1v) is 8.22. The number of carbonyl (C=O) groups excluding carboxylic acids is 2. The largest absolute Gasteiger partial charge is 0.464 e. The first-order valence-electron chi connectivity index (χ1n) is 6.56. The lowest BCUT2D eigenvalue weighted by Gasteiger charge is -2.16. The second-order valence-corrected chi connectivity index (χ2v) is 6.43. The fourth-order valence-electron chi connectivity index (χ4n) is 1.27. The number of nitrogens with one attached hydrogen (secondary N) is 1. The predicted molar refractivity (Wildman–Crippen MR) is 73.4 cm³/mol. The fourth-order valence-corrected chi connectivity index (χ4v) is 2.72. The van der Waals surface area contributed by atoms with Crippen molar-refractivity contribution < 1.29 is 27.5 Å². The molecule has 0 aliphatic carbocycles. The summed E-state index contributed by atoms with van der Waals surface area (Å²) in [5.74, 6) is -1.90. The van der Waals surface area contributed by atoms with Gasteiger partial charge in [0.15, 0.2) is 0 Å². The molecule has 0 aliphatic heterocycles. The Morgan fingerprint density at radius 3 is 1.85 bits per heavy atom. The summed E-state index contributed by atoms with van der Waals surface area (Å²) in [5.41, 5.74) is 0. The molecular formula is C12H23NO6S. The number of hydrogen-bond donors (Lipinski definition) is 1. The van der Waals surface area contributed by atoms with Crippen LogP contribution in [0.2, 0.25) is 0 Å². The highest BCUT2D eigenvalue weighted by atomic mass is 32.2. The molecule has 0 heterocycles. The molecule has 0 aliphatic rings. The van der Waals surface area contributed by atoms with E-state index < -0.39 is 28.0 Å². The van der Waals surface area contributed by atoms with Crippen LogP contribution >= 0.6 is 0 Å². The van der Waals surface area contributed by atoms with Crippen LogP contribution in [0, 0.1) is 5.92 Å². The lowest BCUT2D eigenvalue weighted by atomic mass is 10.2. The van der Waals surface area contributed by atoms with Crippen LogP contribution in [0.15, 0.2) is 0 Å². The van der Waals surface area contributed by atoms with E-state index in [0.717, 1.165) is 0 Å². The molecule has 1 N–H and O–H groups in total. The van der Waals surface area contributed by atoms with Gasteiger partial charge < -0.3 is 9.47 Å². The molecule has 0 atom stereocenters. The Labute approximate surface area is 120 Å². The molecule has 0 amide bonds. The Hall–Kier alpha value is -1.15. The summed E-state index contributed by atoms with van der Waals surface area (Å²) in [6.45, 7) is 6.97. The molecule has 118 valence electrons. The van der Waals surface area contributed by atoms with Crippen LogP contribution < -0.4 is 4.72 Å². The zero-order valence-corrected chi connectivity index (χ0v) is 13.2. The van der Waals surface area contributed by atoms with E-state index in [1.54, 1.807) is 13.8 Å². The maximum atomic E-state index is 11.8. The molecule has 0 saturated heterocycles. The third-order valence-corrected chi connectivity index (χ3v) is 3.67. The van der Waals surface area contributed by atoms with Gasteiger partial charge in [0.2, 0.25) is 16.1 Å². The van der Waals surface area contributed by atoms with Crippen molar-refractivity contribution >= 4 is 22.0 Å². The van der Waals surface area contributed by atoms with Crippen molar-refractivity contribution in [2.24, 2.45) is 5.92 Å². The van der Waals surface area contributed by atoms with Crippen LogP contribution in [0.1, 0.15) is 34.1 Å². The summed E-state index contributed by atoms with van der Waals surface area (Å²) < 4.78 is 35.1. The lowest BCUT2D eigenvalue weighted by molar-refractivity contribution is -0.157. The molecule has 0 unspecified atom stereocenters. The minimum Gasteiger partial charge on any atom is -0.464 e. The number of carbonyl (C=O) groups is 2. The van der Waals surface area contributed by atoms with Gasteiger partial charge in [-0.2, -0.15) is 4.72 Å². The molecule has 0 aromatic rings. The number of hydrogen-bond acceptors (Lipinski definition) is 6. The Morgan fingerprint density at radius 2 is 1.50 bits per heavy atom. The smallest absolute Gasteiger partial charge is 0.335 e. The maximum Gasteiger partial charge on any atom is 0.335 e. The molecule has 0 aromatic carbocycles. The van der Waals surface area contributed by atoms with Gasteiger partial charge in [-0.1, -0.05) is 13.8 Å². The normalized spacial score (nSPS) is 11.7. The van der Waals surface area contributed by atoms with E-state index >= 15 is 0 Å². The van der Waals surface area contributed by atoms with Crippen LogP contribution in [0.4, 0.5) is 0 Å². The Balaban J connectivity index is 4.87. The minimum absolute atomic E-state index is 0.0441. The van der Waals surface area contributed by atoms with Crippen LogP contribution in [0.5, 0.6) is 0 Å². The standard InChI is InChI=1S/C12H23NO6S/c1-5-18-11(14)10(12(15)19-6-2)13-20(16,17)8-7-9(3)4/h9-10,13H,5-8H2,1-4H3.